The minimum atomic E-state index is -1.60. The molecule has 6 atom stereocenters. The number of alkyl carbamates (subject to hydrolysis) is 1. The molecule has 0 bridgehead atoms. The Morgan fingerprint density at radius 3 is 2.49 bits per heavy atom. The van der Waals surface area contributed by atoms with Crippen molar-refractivity contribution in [1.29, 1.82) is 0 Å². The van der Waals surface area contributed by atoms with E-state index in [9.17, 15) is 29.4 Å². The topological polar surface area (TPSA) is 167 Å². The maximum absolute atomic E-state index is 13.8. The van der Waals surface area contributed by atoms with Crippen molar-refractivity contribution in [2.24, 2.45) is 0 Å². The molecule has 0 spiro atoms. The van der Waals surface area contributed by atoms with Crippen LogP contribution in [0.2, 0.25) is 0 Å². The fourth-order valence-electron chi connectivity index (χ4n) is 5.99. The van der Waals surface area contributed by atoms with Crippen molar-refractivity contribution in [3.05, 3.63) is 52.6 Å². The summed E-state index contributed by atoms with van der Waals surface area (Å²) in [4.78, 5) is 53.4. The zero-order chi connectivity index (χ0) is 36.7. The summed E-state index contributed by atoms with van der Waals surface area (Å²) in [5.41, 5.74) is 1.29. The first-order valence-electron chi connectivity index (χ1n) is 16.3. The van der Waals surface area contributed by atoms with Gasteiger partial charge in [0, 0.05) is 46.0 Å². The number of allylic oxidation sites excluding steroid dienone is 3. The standard InChI is InChI=1S/C35H51N3O10S/c1-9-28-34(5,48-28)30(47-32(42)27(20-49)37(6)23(4)40)18-31(41)38(7)26-17-24(16-25(19-39)22(26)3)15-21(2)11-10-12-29(45-8)35(44)13-14-46-33(43)36-35/h10-12,16-17,27-30,39,44,49H,9,13-15,18-20H2,1-8H3,(H,36,43)/b12-10+,21-11+. The molecule has 2 aliphatic rings. The molecule has 0 aliphatic carbocycles. The second-order valence-corrected chi connectivity index (χ2v) is 13.2. The van der Waals surface area contributed by atoms with Gasteiger partial charge in [-0.15, -0.1) is 0 Å². The van der Waals surface area contributed by atoms with Crippen molar-refractivity contribution in [1.82, 2.24) is 10.2 Å². The predicted octanol–water partition coefficient (Wildman–Crippen LogP) is 2.97. The van der Waals surface area contributed by atoms with E-state index in [1.807, 2.05) is 45.9 Å². The van der Waals surface area contributed by atoms with Crippen LogP contribution in [0.3, 0.4) is 0 Å². The number of ether oxygens (including phenoxy) is 4. The van der Waals surface area contributed by atoms with E-state index >= 15 is 0 Å². The number of hydrogen-bond donors (Lipinski definition) is 4. The Morgan fingerprint density at radius 2 is 1.94 bits per heavy atom. The average Bonchev–Trinajstić information content (AvgIpc) is 3.74. The number of carbonyl (C=O) groups is 4. The molecule has 0 saturated carbocycles. The number of likely N-dealkylation sites (N-methyl/N-ethyl adjacent to an activating group) is 1. The van der Waals surface area contributed by atoms with Crippen LogP contribution in [0.15, 0.2) is 35.9 Å². The van der Waals surface area contributed by atoms with Crippen LogP contribution in [-0.2, 0) is 46.4 Å². The van der Waals surface area contributed by atoms with E-state index in [0.717, 1.165) is 16.7 Å². The van der Waals surface area contributed by atoms with Gasteiger partial charge in [0.05, 0.1) is 25.7 Å². The number of thiol groups is 1. The molecule has 14 heteroatoms. The summed E-state index contributed by atoms with van der Waals surface area (Å²) in [6.45, 7) is 8.69. The molecule has 2 fully saturated rings. The number of methoxy groups -OCH3 is 1. The SMILES string of the molecule is CCC1OC1(C)C(CC(=O)N(C)c1cc(C/C(C)=C/C=C/C(OC)C2(O)CCOC(=O)N2)cc(CO)c1C)OC(=O)C(CS)N(C)C(C)=O. The quantitative estimate of drug-likeness (QED) is 0.0869. The summed E-state index contributed by atoms with van der Waals surface area (Å²) >= 11 is 4.25. The van der Waals surface area contributed by atoms with Gasteiger partial charge in [-0.3, -0.25) is 14.9 Å². The van der Waals surface area contributed by atoms with Gasteiger partial charge in [0.2, 0.25) is 11.8 Å². The van der Waals surface area contributed by atoms with Crippen LogP contribution < -0.4 is 10.2 Å². The summed E-state index contributed by atoms with van der Waals surface area (Å²) in [5, 5.41) is 23.4. The second-order valence-electron chi connectivity index (χ2n) is 12.8. The van der Waals surface area contributed by atoms with Crippen LogP contribution in [0.25, 0.3) is 0 Å². The number of nitrogens with zero attached hydrogens (tertiary/aromatic N) is 2. The number of hydrogen-bond acceptors (Lipinski definition) is 11. The Kier molecular flexibility index (Phi) is 13.9. The molecule has 3 amide bonds. The fourth-order valence-corrected chi connectivity index (χ4v) is 6.38. The third kappa shape index (κ3) is 9.63. The molecule has 1 aromatic rings. The number of cyclic esters (lactones) is 1. The lowest BCUT2D eigenvalue weighted by Gasteiger charge is -2.36. The minimum absolute atomic E-state index is 0.0483. The zero-order valence-electron chi connectivity index (χ0n) is 29.6. The largest absolute Gasteiger partial charge is 0.457 e. The van der Waals surface area contributed by atoms with Crippen molar-refractivity contribution < 1.29 is 48.3 Å². The summed E-state index contributed by atoms with van der Waals surface area (Å²) in [5.74, 6) is -1.26. The Labute approximate surface area is 294 Å². The van der Waals surface area contributed by atoms with Crippen molar-refractivity contribution in [2.45, 2.75) is 103 Å². The van der Waals surface area contributed by atoms with Crippen LogP contribution in [0.1, 0.15) is 63.6 Å². The van der Waals surface area contributed by atoms with Gasteiger partial charge in [0.25, 0.3) is 0 Å². The highest BCUT2D eigenvalue weighted by atomic mass is 32.1. The number of nitrogens with one attached hydrogen (secondary N) is 1. The van der Waals surface area contributed by atoms with Crippen molar-refractivity contribution in [3.8, 4) is 0 Å². The molecule has 0 radical (unpaired) electrons. The number of benzene rings is 1. The van der Waals surface area contributed by atoms with E-state index in [-0.39, 0.29) is 49.7 Å². The smallest absolute Gasteiger partial charge is 0.409 e. The van der Waals surface area contributed by atoms with Crippen LogP contribution in [0.4, 0.5) is 10.5 Å². The monoisotopic (exact) mass is 705 g/mol. The van der Waals surface area contributed by atoms with Gasteiger partial charge in [-0.25, -0.2) is 9.59 Å². The fraction of sp³-hybridized carbons (Fsp3) is 0.600. The molecule has 13 nitrogen and oxygen atoms in total. The molecule has 6 unspecified atom stereocenters. The lowest BCUT2D eigenvalue weighted by atomic mass is 9.95. The van der Waals surface area contributed by atoms with Crippen LogP contribution in [0, 0.1) is 6.92 Å². The molecule has 49 heavy (non-hydrogen) atoms. The normalized spacial score (nSPS) is 24.0. The predicted molar refractivity (Wildman–Crippen MR) is 186 cm³/mol. The van der Waals surface area contributed by atoms with Gasteiger partial charge in [0.1, 0.15) is 23.9 Å². The van der Waals surface area contributed by atoms with Gasteiger partial charge in [-0.05, 0) is 56.4 Å². The van der Waals surface area contributed by atoms with Crippen LogP contribution >= 0.6 is 12.6 Å². The molecule has 2 saturated heterocycles. The Morgan fingerprint density at radius 1 is 1.24 bits per heavy atom. The van der Waals surface area contributed by atoms with Crippen LogP contribution in [0.5, 0.6) is 0 Å². The minimum Gasteiger partial charge on any atom is -0.457 e. The molecule has 3 N–H and O–H groups in total. The van der Waals surface area contributed by atoms with Gasteiger partial charge in [-0.2, -0.15) is 12.6 Å². The van der Waals surface area contributed by atoms with E-state index in [0.29, 0.717) is 24.1 Å². The van der Waals surface area contributed by atoms with E-state index in [2.05, 4.69) is 17.9 Å². The van der Waals surface area contributed by atoms with Crippen molar-refractivity contribution in [3.63, 3.8) is 0 Å². The highest BCUT2D eigenvalue weighted by Crippen LogP contribution is 2.44. The molecule has 3 rings (SSSR count). The Bertz CT molecular complexity index is 1450. The molecule has 2 aliphatic heterocycles. The number of anilines is 1. The third-order valence-electron chi connectivity index (χ3n) is 9.38. The molecule has 2 heterocycles. The van der Waals surface area contributed by atoms with E-state index < -0.39 is 41.6 Å². The summed E-state index contributed by atoms with van der Waals surface area (Å²) in [7, 11) is 4.57. The average molecular weight is 706 g/mol. The summed E-state index contributed by atoms with van der Waals surface area (Å²) in [6, 6.07) is 2.84. The molecule has 1 aromatic carbocycles. The maximum Gasteiger partial charge on any atom is 0.409 e. The zero-order valence-corrected chi connectivity index (χ0v) is 30.5. The lowest BCUT2D eigenvalue weighted by molar-refractivity contribution is -0.161. The van der Waals surface area contributed by atoms with Gasteiger partial charge in [-0.1, -0.05) is 36.8 Å². The maximum atomic E-state index is 13.8. The van der Waals surface area contributed by atoms with E-state index in [1.165, 1.54) is 30.9 Å². The number of aliphatic hydroxyl groups excluding tert-OH is 1. The van der Waals surface area contributed by atoms with Gasteiger partial charge >= 0.3 is 12.1 Å². The first-order chi connectivity index (χ1) is 23.0. The van der Waals surface area contributed by atoms with Crippen molar-refractivity contribution >= 4 is 42.2 Å². The summed E-state index contributed by atoms with van der Waals surface area (Å²) < 4.78 is 22.1. The molecule has 272 valence electrons. The molecule has 0 aromatic heterocycles. The van der Waals surface area contributed by atoms with Gasteiger partial charge in [0.15, 0.2) is 5.72 Å². The van der Waals surface area contributed by atoms with E-state index in [4.69, 9.17) is 18.9 Å². The number of carbonyl (C=O) groups excluding carboxylic acids is 4. The number of amides is 3. The number of aliphatic hydroxyl groups is 2. The van der Waals surface area contributed by atoms with Crippen LogP contribution in [-0.4, -0.2) is 108 Å². The Hall–Kier alpha value is -3.43. The molecular formula is C35H51N3O10S. The van der Waals surface area contributed by atoms with Crippen molar-refractivity contribution in [2.75, 3.05) is 38.5 Å². The number of rotatable bonds is 16. The highest BCUT2D eigenvalue weighted by Gasteiger charge is 2.59. The number of epoxide rings is 1. The second kappa shape index (κ2) is 17.0. The highest BCUT2D eigenvalue weighted by molar-refractivity contribution is 7.80. The lowest BCUT2D eigenvalue weighted by Crippen LogP contribution is -2.60. The Balaban J connectivity index is 1.81. The number of esters is 1. The first-order valence-corrected chi connectivity index (χ1v) is 16.9. The van der Waals surface area contributed by atoms with Gasteiger partial charge < -0.3 is 39.0 Å². The first kappa shape index (κ1) is 40.0. The third-order valence-corrected chi connectivity index (χ3v) is 9.72. The molecular weight excluding hydrogens is 654 g/mol. The van der Waals surface area contributed by atoms with E-state index in [1.54, 1.807) is 19.2 Å². The summed E-state index contributed by atoms with van der Waals surface area (Å²) in [6.07, 6.45) is 3.74.